The minimum atomic E-state index is -3.75. The molecule has 13 nitrogen and oxygen atoms in total. The van der Waals surface area contributed by atoms with Gasteiger partial charge in [0.05, 0.1) is 10.9 Å². The van der Waals surface area contributed by atoms with Crippen LogP contribution in [0, 0.1) is 22.7 Å². The summed E-state index contributed by atoms with van der Waals surface area (Å²) in [4.78, 5) is 70.8. The van der Waals surface area contributed by atoms with Crippen molar-refractivity contribution in [3.63, 3.8) is 0 Å². The molecule has 4 N–H and O–H groups in total. The Labute approximate surface area is 328 Å². The first-order chi connectivity index (χ1) is 25.8. The molecule has 5 atom stereocenters. The first-order valence-electron chi connectivity index (χ1n) is 20.0. The maximum absolute atomic E-state index is 14.9. The predicted molar refractivity (Wildman–Crippen MR) is 212 cm³/mol. The molecule has 1 unspecified atom stereocenters. The number of unbranched alkanes of at least 4 members (excludes halogenated alkanes) is 1. The quantitative estimate of drug-likeness (QED) is 0.139. The van der Waals surface area contributed by atoms with Crippen molar-refractivity contribution in [2.45, 2.75) is 142 Å². The van der Waals surface area contributed by atoms with Crippen molar-refractivity contribution in [1.82, 2.24) is 30.5 Å². The van der Waals surface area contributed by atoms with Gasteiger partial charge in [0.15, 0.2) is 0 Å². The van der Waals surface area contributed by atoms with Crippen LogP contribution in [0.15, 0.2) is 41.8 Å². The molecule has 0 radical (unpaired) electrons. The average molecular weight is 785 g/mol. The van der Waals surface area contributed by atoms with Crippen LogP contribution in [0.1, 0.15) is 112 Å². The molecular weight excluding hydrogens is 721 g/mol. The van der Waals surface area contributed by atoms with E-state index in [9.17, 15) is 32.4 Å². The second-order valence-corrected chi connectivity index (χ2v) is 19.3. The Bertz CT molecular complexity index is 1680. The molecule has 5 amide bonds. The van der Waals surface area contributed by atoms with Gasteiger partial charge in [-0.05, 0) is 60.0 Å². The lowest BCUT2D eigenvalue weighted by Crippen LogP contribution is -2.63. The number of benzene rings is 1. The Morgan fingerprint density at radius 3 is 2.29 bits per heavy atom. The summed E-state index contributed by atoms with van der Waals surface area (Å²) < 4.78 is 28.3. The second kappa shape index (κ2) is 18.4. The van der Waals surface area contributed by atoms with Gasteiger partial charge in [0.1, 0.15) is 12.1 Å². The van der Waals surface area contributed by atoms with Crippen LogP contribution in [0.2, 0.25) is 0 Å². The third kappa shape index (κ3) is 10.5. The number of rotatable bonds is 16. The summed E-state index contributed by atoms with van der Waals surface area (Å²) >= 11 is 0. The highest BCUT2D eigenvalue weighted by Crippen LogP contribution is 2.41. The molecule has 2 aliphatic heterocycles. The lowest BCUT2D eigenvalue weighted by atomic mass is 9.70. The van der Waals surface area contributed by atoms with Gasteiger partial charge in [-0.15, -0.1) is 6.58 Å². The number of likely N-dealkylation sites (tertiary alicyclic amines) is 1. The molecule has 55 heavy (non-hydrogen) atoms. The van der Waals surface area contributed by atoms with Crippen LogP contribution in [0.4, 0.5) is 4.79 Å². The number of carbonyl (C=O) groups excluding carboxylic acids is 5. The fraction of sp³-hybridized carbons (Fsp3) is 0.683. The summed E-state index contributed by atoms with van der Waals surface area (Å²) in [6.45, 7) is 18.1. The van der Waals surface area contributed by atoms with Gasteiger partial charge in [0.25, 0.3) is 5.91 Å². The van der Waals surface area contributed by atoms with E-state index in [1.807, 2.05) is 48.5 Å². The summed E-state index contributed by atoms with van der Waals surface area (Å²) in [7, 11) is -3.75. The van der Waals surface area contributed by atoms with Gasteiger partial charge >= 0.3 is 6.03 Å². The maximum atomic E-state index is 14.9. The van der Waals surface area contributed by atoms with Gasteiger partial charge in [0, 0.05) is 32.2 Å². The number of urea groups is 1. The van der Waals surface area contributed by atoms with Gasteiger partial charge in [-0.25, -0.2) is 13.2 Å². The number of ketones is 1. The van der Waals surface area contributed by atoms with Crippen molar-refractivity contribution in [3.8, 4) is 0 Å². The summed E-state index contributed by atoms with van der Waals surface area (Å²) in [6.07, 6.45) is 7.66. The number of carbonyl (C=O) groups is 5. The highest BCUT2D eigenvalue weighted by Gasteiger charge is 2.49. The van der Waals surface area contributed by atoms with Crippen molar-refractivity contribution in [1.29, 1.82) is 0 Å². The third-order valence-corrected chi connectivity index (χ3v) is 13.8. The smallest absolute Gasteiger partial charge is 0.315 e. The molecule has 4 rings (SSSR count). The molecule has 1 saturated heterocycles. The van der Waals surface area contributed by atoms with E-state index in [1.165, 1.54) is 10.4 Å². The minimum absolute atomic E-state index is 0.00849. The number of hydrogen-bond acceptors (Lipinski definition) is 7. The van der Waals surface area contributed by atoms with E-state index in [4.69, 9.17) is 0 Å². The number of hydrogen-bond donors (Lipinski definition) is 4. The first kappa shape index (κ1) is 43.9. The summed E-state index contributed by atoms with van der Waals surface area (Å²) in [5.74, 6) is -2.28. The van der Waals surface area contributed by atoms with E-state index >= 15 is 0 Å². The zero-order valence-electron chi connectivity index (χ0n) is 33.9. The van der Waals surface area contributed by atoms with Crippen molar-refractivity contribution < 1.29 is 32.4 Å². The zero-order valence-corrected chi connectivity index (χ0v) is 34.7. The normalized spacial score (nSPS) is 22.2. The Kier molecular flexibility index (Phi) is 14.7. The highest BCUT2D eigenvalue weighted by molar-refractivity contribution is 7.89. The molecule has 3 aliphatic rings. The van der Waals surface area contributed by atoms with Gasteiger partial charge in [-0.1, -0.05) is 105 Å². The van der Waals surface area contributed by atoms with Gasteiger partial charge in [-0.3, -0.25) is 19.2 Å². The molecule has 1 saturated carbocycles. The Hall–Kier alpha value is -3.78. The molecule has 306 valence electrons. The minimum Gasteiger partial charge on any atom is -0.346 e. The largest absolute Gasteiger partial charge is 0.346 e. The number of Topliss-reactive ketones (excluding diaryl/α,β-unsaturated/α-hetero) is 1. The second-order valence-electron chi connectivity index (χ2n) is 17.4. The Balaban J connectivity index is 1.59. The standard InChI is InChI=1S/C41H64N6O7S/c1-9-11-18-30(34(48)37(50)42-22-10-2)43-36(49)31-23-29(27(3)4)25-47(31)38(51)35(41(8)20-15-12-16-21-41)45-39(52)44-33(40(5,6)7)26-46-24-28-17-13-14-19-32(28)55(46,53)54/h10,13-14,17,19,27,29-31,33,35H,2,9,11-12,15-16,18,20-26H2,1,3-8H3,(H,42,50)(H,43,49)(H2,44,45,52)/t29-,30?,31+,33-,35-/m1/s1. The third-order valence-electron chi connectivity index (χ3n) is 11.9. The van der Waals surface area contributed by atoms with Crippen LogP contribution in [0.25, 0.3) is 0 Å². The van der Waals surface area contributed by atoms with Gasteiger partial charge in [-0.2, -0.15) is 4.31 Å². The molecule has 0 aromatic heterocycles. The highest BCUT2D eigenvalue weighted by atomic mass is 32.2. The van der Waals surface area contributed by atoms with Crippen molar-refractivity contribution in [3.05, 3.63) is 42.5 Å². The van der Waals surface area contributed by atoms with Crippen LogP contribution in [0.3, 0.4) is 0 Å². The van der Waals surface area contributed by atoms with Crippen LogP contribution in [0.5, 0.6) is 0 Å². The molecule has 2 heterocycles. The molecule has 0 spiro atoms. The maximum Gasteiger partial charge on any atom is 0.315 e. The molecule has 14 heteroatoms. The number of sulfonamides is 1. The van der Waals surface area contributed by atoms with Crippen molar-refractivity contribution >= 4 is 39.6 Å². The lowest BCUT2D eigenvalue weighted by Gasteiger charge is -2.43. The van der Waals surface area contributed by atoms with Crippen molar-refractivity contribution in [2.24, 2.45) is 22.7 Å². The SMILES string of the molecule is C=CCNC(=O)C(=O)C(CCCC)NC(=O)[C@@H]1C[C@@H](C(C)C)CN1C(=O)[C@@H](NC(=O)N[C@H](CN1Cc2ccccc2S1(=O)=O)C(C)(C)C)C1(C)CCCCC1. The first-order valence-corrected chi connectivity index (χ1v) is 21.5. The molecule has 0 bridgehead atoms. The number of amides is 5. The molecule has 1 aromatic rings. The number of nitrogens with zero attached hydrogens (tertiary/aromatic N) is 2. The molecular formula is C41H64N6O7S. The van der Waals surface area contributed by atoms with Gasteiger partial charge in [0.2, 0.25) is 27.6 Å². The molecule has 1 aromatic carbocycles. The Morgan fingerprint density at radius 1 is 1.02 bits per heavy atom. The van der Waals surface area contributed by atoms with E-state index in [2.05, 4.69) is 27.8 Å². The van der Waals surface area contributed by atoms with Crippen LogP contribution >= 0.6 is 0 Å². The molecule has 1 aliphatic carbocycles. The Morgan fingerprint density at radius 2 is 1.69 bits per heavy atom. The lowest BCUT2D eigenvalue weighted by molar-refractivity contribution is -0.144. The summed E-state index contributed by atoms with van der Waals surface area (Å²) in [5, 5.41) is 11.4. The van der Waals surface area contributed by atoms with E-state index < -0.39 is 68.6 Å². The van der Waals surface area contributed by atoms with E-state index in [0.29, 0.717) is 37.8 Å². The van der Waals surface area contributed by atoms with E-state index in [0.717, 1.165) is 25.7 Å². The fourth-order valence-corrected chi connectivity index (χ4v) is 9.73. The van der Waals surface area contributed by atoms with E-state index in [1.54, 1.807) is 29.2 Å². The molecule has 2 fully saturated rings. The zero-order chi connectivity index (χ0) is 40.7. The van der Waals surface area contributed by atoms with Gasteiger partial charge < -0.3 is 26.2 Å². The average Bonchev–Trinajstić information content (AvgIpc) is 3.69. The van der Waals surface area contributed by atoms with Crippen molar-refractivity contribution in [2.75, 3.05) is 19.6 Å². The fourth-order valence-electron chi connectivity index (χ4n) is 8.08. The topological polar surface area (TPSA) is 174 Å². The van der Waals surface area contributed by atoms with E-state index in [-0.39, 0.29) is 48.7 Å². The van der Waals surface area contributed by atoms with Crippen LogP contribution in [-0.4, -0.2) is 91.0 Å². The van der Waals surface area contributed by atoms with Crippen LogP contribution in [-0.2, 0) is 35.7 Å². The monoisotopic (exact) mass is 784 g/mol. The number of fused-ring (bicyclic) bond motifs is 1. The number of nitrogens with one attached hydrogen (secondary N) is 4. The predicted octanol–water partition coefficient (Wildman–Crippen LogP) is 4.66. The summed E-state index contributed by atoms with van der Waals surface area (Å²) in [6, 6.07) is 2.76. The summed E-state index contributed by atoms with van der Waals surface area (Å²) in [5.41, 5.74) is -0.451. The van der Waals surface area contributed by atoms with Crippen LogP contribution < -0.4 is 21.3 Å².